The van der Waals surface area contributed by atoms with Gasteiger partial charge in [-0.1, -0.05) is 0 Å². The fourth-order valence-electron chi connectivity index (χ4n) is 4.30. The molecule has 2 atom stereocenters. The number of amides is 2. The average Bonchev–Trinajstić information content (AvgIpc) is 3.36. The molecule has 2 aromatic rings. The topological polar surface area (TPSA) is 83.8 Å². The molecule has 3 heterocycles. The molecule has 2 saturated heterocycles. The largest absolute Gasteiger partial charge is 0.423 e. The molecule has 2 fully saturated rings. The van der Waals surface area contributed by atoms with Crippen molar-refractivity contribution in [2.45, 2.75) is 32.2 Å². The van der Waals surface area contributed by atoms with Gasteiger partial charge >= 0.3 is 11.7 Å². The van der Waals surface area contributed by atoms with Gasteiger partial charge < -0.3 is 19.8 Å². The van der Waals surface area contributed by atoms with E-state index in [1.54, 1.807) is 6.07 Å². The highest BCUT2D eigenvalue weighted by Crippen LogP contribution is 2.24. The zero-order valence-corrected chi connectivity index (χ0v) is 16.2. The minimum Gasteiger partial charge on any atom is -0.423 e. The molecule has 2 aliphatic rings. The molecule has 2 N–H and O–H groups in total. The van der Waals surface area contributed by atoms with Crippen LogP contribution in [0.15, 0.2) is 33.5 Å². The quantitative estimate of drug-likeness (QED) is 0.773. The van der Waals surface area contributed by atoms with Gasteiger partial charge in [0.15, 0.2) is 0 Å². The summed E-state index contributed by atoms with van der Waals surface area (Å²) in [5, 5.41) is 6.73. The molecule has 150 valence electrons. The molecule has 2 amide bonds. The third-order valence-corrected chi connectivity index (χ3v) is 5.80. The molecule has 28 heavy (non-hydrogen) atoms. The van der Waals surface area contributed by atoms with Gasteiger partial charge in [-0.15, -0.1) is 0 Å². The van der Waals surface area contributed by atoms with Crippen molar-refractivity contribution in [3.63, 3.8) is 0 Å². The zero-order chi connectivity index (χ0) is 19.5. The number of aryl methyl sites for hydroxylation is 1. The summed E-state index contributed by atoms with van der Waals surface area (Å²) < 4.78 is 10.8. The standard InChI is InChI=1S/C21H27N3O4/c1-14-10-20(25)28-19-11-16(4-5-17(14)19)23-21(26)22-12-18(15-6-9-27-13-15)24-7-2-3-8-24/h4-5,10-11,15,18H,2-3,6-9,12-13H2,1H3,(H2,22,23,26)/t15-,18+/m1/s1. The Hall–Kier alpha value is -2.38. The maximum atomic E-state index is 12.5. The third kappa shape index (κ3) is 4.20. The lowest BCUT2D eigenvalue weighted by molar-refractivity contribution is 0.135. The van der Waals surface area contributed by atoms with Gasteiger partial charge in [-0.3, -0.25) is 4.90 Å². The van der Waals surface area contributed by atoms with Crippen molar-refractivity contribution >= 4 is 22.7 Å². The number of fused-ring (bicyclic) bond motifs is 1. The van der Waals surface area contributed by atoms with Crippen LogP contribution in [0.4, 0.5) is 10.5 Å². The van der Waals surface area contributed by atoms with E-state index < -0.39 is 0 Å². The maximum Gasteiger partial charge on any atom is 0.336 e. The van der Waals surface area contributed by atoms with E-state index in [0.29, 0.717) is 29.8 Å². The van der Waals surface area contributed by atoms with Crippen LogP contribution in [0.25, 0.3) is 11.0 Å². The maximum absolute atomic E-state index is 12.5. The molecule has 1 aromatic heterocycles. The number of rotatable bonds is 5. The molecule has 1 aromatic carbocycles. The molecule has 0 saturated carbocycles. The van der Waals surface area contributed by atoms with Gasteiger partial charge in [0.05, 0.1) is 6.61 Å². The molecule has 0 aliphatic carbocycles. The van der Waals surface area contributed by atoms with E-state index in [-0.39, 0.29) is 11.7 Å². The number of hydrogen-bond donors (Lipinski definition) is 2. The molecule has 0 radical (unpaired) electrons. The van der Waals surface area contributed by atoms with Crippen molar-refractivity contribution in [3.8, 4) is 0 Å². The summed E-state index contributed by atoms with van der Waals surface area (Å²) in [6.07, 6.45) is 3.49. The molecule has 0 spiro atoms. The highest BCUT2D eigenvalue weighted by Gasteiger charge is 2.32. The van der Waals surface area contributed by atoms with Crippen molar-refractivity contribution in [1.29, 1.82) is 0 Å². The zero-order valence-electron chi connectivity index (χ0n) is 16.2. The lowest BCUT2D eigenvalue weighted by Crippen LogP contribution is -2.48. The van der Waals surface area contributed by atoms with E-state index in [1.807, 2.05) is 19.1 Å². The van der Waals surface area contributed by atoms with E-state index in [0.717, 1.165) is 43.7 Å². The van der Waals surface area contributed by atoms with E-state index in [9.17, 15) is 9.59 Å². The first kappa shape index (κ1) is 19.0. The number of carbonyl (C=O) groups excluding carboxylic acids is 1. The number of urea groups is 1. The van der Waals surface area contributed by atoms with Crippen molar-refractivity contribution in [1.82, 2.24) is 10.2 Å². The predicted octanol–water partition coefficient (Wildman–Crippen LogP) is 2.72. The van der Waals surface area contributed by atoms with Gasteiger partial charge in [0.1, 0.15) is 5.58 Å². The van der Waals surface area contributed by atoms with Crippen molar-refractivity contribution in [3.05, 3.63) is 40.2 Å². The Morgan fingerprint density at radius 3 is 2.86 bits per heavy atom. The Labute approximate surface area is 164 Å². The smallest absolute Gasteiger partial charge is 0.336 e. The first-order valence-electron chi connectivity index (χ1n) is 10.0. The van der Waals surface area contributed by atoms with Crippen LogP contribution in [-0.4, -0.2) is 49.8 Å². The van der Waals surface area contributed by atoms with E-state index in [1.165, 1.54) is 18.9 Å². The number of ether oxygens (including phenoxy) is 1. The first-order chi connectivity index (χ1) is 13.6. The summed E-state index contributed by atoms with van der Waals surface area (Å²) in [4.78, 5) is 26.5. The first-order valence-corrected chi connectivity index (χ1v) is 10.0. The summed E-state index contributed by atoms with van der Waals surface area (Å²) in [6.45, 7) is 6.23. The summed E-state index contributed by atoms with van der Waals surface area (Å²) >= 11 is 0. The molecule has 7 nitrogen and oxygen atoms in total. The van der Waals surface area contributed by atoms with Crippen molar-refractivity contribution < 1.29 is 13.9 Å². The van der Waals surface area contributed by atoms with Crippen LogP contribution in [0.5, 0.6) is 0 Å². The van der Waals surface area contributed by atoms with E-state index in [4.69, 9.17) is 9.15 Å². The summed E-state index contributed by atoms with van der Waals surface area (Å²) in [5.74, 6) is 0.469. The summed E-state index contributed by atoms with van der Waals surface area (Å²) in [5.41, 5.74) is 1.54. The Bertz CT molecular complexity index is 882. The minimum atomic E-state index is -0.390. The van der Waals surface area contributed by atoms with Crippen LogP contribution in [0.1, 0.15) is 24.8 Å². The van der Waals surface area contributed by atoms with Crippen molar-refractivity contribution in [2.24, 2.45) is 5.92 Å². The average molecular weight is 385 g/mol. The van der Waals surface area contributed by atoms with Crippen LogP contribution in [0.2, 0.25) is 0 Å². The molecule has 4 rings (SSSR count). The van der Waals surface area contributed by atoms with E-state index in [2.05, 4.69) is 15.5 Å². The highest BCUT2D eigenvalue weighted by atomic mass is 16.5. The molecule has 7 heteroatoms. The van der Waals surface area contributed by atoms with Gasteiger partial charge in [-0.05, 0) is 57.0 Å². The number of hydrogen-bond acceptors (Lipinski definition) is 5. The lowest BCUT2D eigenvalue weighted by Gasteiger charge is -2.31. The molecular formula is C21H27N3O4. The van der Waals surface area contributed by atoms with Crippen LogP contribution < -0.4 is 16.3 Å². The molecular weight excluding hydrogens is 358 g/mol. The van der Waals surface area contributed by atoms with Crippen molar-refractivity contribution in [2.75, 3.05) is 38.2 Å². The van der Waals surface area contributed by atoms with Crippen LogP contribution in [-0.2, 0) is 4.74 Å². The number of nitrogens with zero attached hydrogens (tertiary/aromatic N) is 1. The van der Waals surface area contributed by atoms with Gasteiger partial charge in [0.25, 0.3) is 0 Å². The Morgan fingerprint density at radius 2 is 2.11 bits per heavy atom. The fourth-order valence-corrected chi connectivity index (χ4v) is 4.30. The van der Waals surface area contributed by atoms with Gasteiger partial charge in [0.2, 0.25) is 0 Å². The number of likely N-dealkylation sites (tertiary alicyclic amines) is 1. The highest BCUT2D eigenvalue weighted by molar-refractivity contribution is 5.92. The normalized spacial score (nSPS) is 21.1. The van der Waals surface area contributed by atoms with E-state index >= 15 is 0 Å². The molecule has 0 bridgehead atoms. The van der Waals surface area contributed by atoms with Gasteiger partial charge in [-0.2, -0.15) is 0 Å². The second kappa shape index (κ2) is 8.32. The Balaban J connectivity index is 1.40. The Morgan fingerprint density at radius 1 is 1.29 bits per heavy atom. The Kier molecular flexibility index (Phi) is 5.64. The molecule has 0 unspecified atom stereocenters. The lowest BCUT2D eigenvalue weighted by atomic mass is 9.97. The SMILES string of the molecule is Cc1cc(=O)oc2cc(NC(=O)NC[C@@H]([C@@H]3CCOC3)N3CCCC3)ccc12. The summed E-state index contributed by atoms with van der Waals surface area (Å²) in [6, 6.07) is 6.88. The number of benzene rings is 1. The predicted molar refractivity (Wildman–Crippen MR) is 108 cm³/mol. The number of anilines is 1. The minimum absolute atomic E-state index is 0.252. The van der Waals surface area contributed by atoms with Crippen LogP contribution in [0.3, 0.4) is 0 Å². The van der Waals surface area contributed by atoms with Crippen LogP contribution in [0, 0.1) is 12.8 Å². The van der Waals surface area contributed by atoms with Gasteiger partial charge in [-0.25, -0.2) is 9.59 Å². The second-order valence-corrected chi connectivity index (χ2v) is 7.73. The molecule has 2 aliphatic heterocycles. The monoisotopic (exact) mass is 385 g/mol. The number of nitrogens with one attached hydrogen (secondary N) is 2. The number of carbonyl (C=O) groups is 1. The van der Waals surface area contributed by atoms with Gasteiger partial charge in [0, 0.05) is 48.3 Å². The summed E-state index contributed by atoms with van der Waals surface area (Å²) in [7, 11) is 0. The second-order valence-electron chi connectivity index (χ2n) is 7.73. The fraction of sp³-hybridized carbons (Fsp3) is 0.524. The van der Waals surface area contributed by atoms with Crippen LogP contribution >= 0.6 is 0 Å². The third-order valence-electron chi connectivity index (χ3n) is 5.80.